The molecule has 0 N–H and O–H groups in total. The third kappa shape index (κ3) is 2.16. The Morgan fingerprint density at radius 1 is 1.19 bits per heavy atom. The highest BCUT2D eigenvalue weighted by Gasteiger charge is 2.22. The van der Waals surface area contributed by atoms with Crippen molar-refractivity contribution in [1.82, 2.24) is 0 Å². The van der Waals surface area contributed by atoms with Gasteiger partial charge < -0.3 is 0 Å². The zero-order valence-electron chi connectivity index (χ0n) is 11.1. The van der Waals surface area contributed by atoms with Gasteiger partial charge >= 0.3 is 0 Å². The highest BCUT2D eigenvalue weighted by Crippen LogP contribution is 2.32. The lowest BCUT2D eigenvalue weighted by molar-refractivity contribution is 0.312. The maximum Gasteiger partial charge on any atom is -0.0245 e. The largest absolute Gasteiger partial charge is 0.0651 e. The highest BCUT2D eigenvalue weighted by atomic mass is 14.3. The van der Waals surface area contributed by atoms with Gasteiger partial charge in [0.1, 0.15) is 0 Å². The van der Waals surface area contributed by atoms with E-state index in [1.54, 1.807) is 11.1 Å². The molecule has 2 atom stereocenters. The summed E-state index contributed by atoms with van der Waals surface area (Å²) in [6, 6.07) is 4.84. The number of hydrogen-bond acceptors (Lipinski definition) is 0. The van der Waals surface area contributed by atoms with E-state index in [-0.39, 0.29) is 0 Å². The van der Waals surface area contributed by atoms with E-state index in [0.29, 0.717) is 0 Å². The smallest absolute Gasteiger partial charge is 0.0245 e. The summed E-state index contributed by atoms with van der Waals surface area (Å²) in [4.78, 5) is 0. The van der Waals surface area contributed by atoms with Gasteiger partial charge in [-0.1, -0.05) is 32.4 Å². The van der Waals surface area contributed by atoms with Crippen molar-refractivity contribution >= 4 is 0 Å². The summed E-state index contributed by atoms with van der Waals surface area (Å²) in [6.07, 6.45) is 5.33. The molecule has 2 rings (SSSR count). The van der Waals surface area contributed by atoms with E-state index in [9.17, 15) is 0 Å². The molecule has 2 unspecified atom stereocenters. The second-order valence-corrected chi connectivity index (χ2v) is 5.59. The first-order valence-corrected chi connectivity index (χ1v) is 6.70. The summed E-state index contributed by atoms with van der Waals surface area (Å²) in [6.45, 7) is 9.20. The van der Waals surface area contributed by atoms with Gasteiger partial charge in [-0.15, -0.1) is 0 Å². The molecule has 0 saturated heterocycles. The number of aryl methyl sites for hydroxylation is 3. The quantitative estimate of drug-likeness (QED) is 0.685. The molecule has 0 aromatic heterocycles. The molecule has 16 heavy (non-hydrogen) atoms. The van der Waals surface area contributed by atoms with Gasteiger partial charge in [0.2, 0.25) is 0 Å². The number of benzene rings is 1. The molecule has 88 valence electrons. The molecule has 0 heteroatoms. The van der Waals surface area contributed by atoms with Crippen molar-refractivity contribution in [3.8, 4) is 0 Å². The number of hydrogen-bond donors (Lipinski definition) is 0. The minimum atomic E-state index is 0.884. The molecule has 0 fully saturated rings. The van der Waals surface area contributed by atoms with Crippen LogP contribution in [0.1, 0.15) is 48.9 Å². The average molecular weight is 216 g/mol. The summed E-state index contributed by atoms with van der Waals surface area (Å²) in [7, 11) is 0. The van der Waals surface area contributed by atoms with E-state index in [4.69, 9.17) is 0 Å². The number of fused-ring (bicyclic) bond motifs is 1. The van der Waals surface area contributed by atoms with Crippen LogP contribution in [0.4, 0.5) is 0 Å². The lowest BCUT2D eigenvalue weighted by atomic mass is 9.76. The second kappa shape index (κ2) is 4.61. The van der Waals surface area contributed by atoms with Gasteiger partial charge in [-0.05, 0) is 67.2 Å². The van der Waals surface area contributed by atoms with Crippen molar-refractivity contribution in [2.45, 2.75) is 53.4 Å². The van der Waals surface area contributed by atoms with Crippen molar-refractivity contribution in [1.29, 1.82) is 0 Å². The lowest BCUT2D eigenvalue weighted by Crippen LogP contribution is -2.20. The van der Waals surface area contributed by atoms with Crippen molar-refractivity contribution in [3.63, 3.8) is 0 Å². The zero-order valence-corrected chi connectivity index (χ0v) is 11.1. The monoisotopic (exact) mass is 216 g/mol. The highest BCUT2D eigenvalue weighted by molar-refractivity contribution is 5.38. The van der Waals surface area contributed by atoms with E-state index >= 15 is 0 Å². The van der Waals surface area contributed by atoms with Crippen molar-refractivity contribution in [3.05, 3.63) is 34.4 Å². The maximum atomic E-state index is 2.43. The Morgan fingerprint density at radius 2 is 1.81 bits per heavy atom. The molecule has 0 aliphatic heterocycles. The Labute approximate surface area is 100 Å². The minimum absolute atomic E-state index is 0.884. The first-order valence-electron chi connectivity index (χ1n) is 6.70. The summed E-state index contributed by atoms with van der Waals surface area (Å²) in [5.41, 5.74) is 6.16. The molecule has 1 aromatic rings. The Hall–Kier alpha value is -0.780. The van der Waals surface area contributed by atoms with E-state index in [0.717, 1.165) is 11.8 Å². The molecule has 0 nitrogen and oxygen atoms in total. The van der Waals surface area contributed by atoms with E-state index in [2.05, 4.69) is 39.8 Å². The van der Waals surface area contributed by atoms with Crippen LogP contribution in [0.15, 0.2) is 12.1 Å². The van der Waals surface area contributed by atoms with Crippen LogP contribution < -0.4 is 0 Å². The molecule has 0 amide bonds. The third-order valence-electron chi connectivity index (χ3n) is 4.53. The van der Waals surface area contributed by atoms with Crippen molar-refractivity contribution in [2.24, 2.45) is 11.8 Å². The summed E-state index contributed by atoms with van der Waals surface area (Å²) in [5, 5.41) is 0. The third-order valence-corrected chi connectivity index (χ3v) is 4.53. The van der Waals surface area contributed by atoms with Gasteiger partial charge in [-0.25, -0.2) is 0 Å². The lowest BCUT2D eigenvalue weighted by Gasteiger charge is -2.29. The van der Waals surface area contributed by atoms with Crippen LogP contribution >= 0.6 is 0 Å². The van der Waals surface area contributed by atoms with Crippen LogP contribution in [0, 0.1) is 25.7 Å². The summed E-state index contributed by atoms with van der Waals surface area (Å²) in [5.74, 6) is 1.80. The fourth-order valence-electron chi connectivity index (χ4n) is 2.90. The Bertz CT molecular complexity index is 376. The molecule has 0 heterocycles. The fraction of sp³-hybridized carbons (Fsp3) is 0.625. The first kappa shape index (κ1) is 11.7. The van der Waals surface area contributed by atoms with Crippen LogP contribution in [0.5, 0.6) is 0 Å². The maximum absolute atomic E-state index is 2.43. The minimum Gasteiger partial charge on any atom is -0.0651 e. The molecule has 0 bridgehead atoms. The molecule has 1 aliphatic carbocycles. The van der Waals surface area contributed by atoms with Crippen LogP contribution in [0.2, 0.25) is 0 Å². The van der Waals surface area contributed by atoms with Crippen LogP contribution in [0.3, 0.4) is 0 Å². The molecule has 1 aliphatic rings. The van der Waals surface area contributed by atoms with E-state index < -0.39 is 0 Å². The Balaban J connectivity index is 2.23. The predicted octanol–water partition coefficient (Wildman–Crippen LogP) is 4.45. The fourth-order valence-corrected chi connectivity index (χ4v) is 2.90. The average Bonchev–Trinajstić information content (AvgIpc) is 2.29. The molecule has 1 aromatic carbocycles. The van der Waals surface area contributed by atoms with Gasteiger partial charge in [0.25, 0.3) is 0 Å². The standard InChI is InChI=1S/C16H24/c1-5-11(2)14-6-7-15-8-12(3)13(4)9-16(15)10-14/h8-9,11,14H,5-7,10H2,1-4H3. The molecule has 0 saturated carbocycles. The van der Waals surface area contributed by atoms with E-state index in [1.165, 1.54) is 36.8 Å². The number of rotatable bonds is 2. The van der Waals surface area contributed by atoms with Crippen LogP contribution in [-0.4, -0.2) is 0 Å². The van der Waals surface area contributed by atoms with Gasteiger partial charge in [0.15, 0.2) is 0 Å². The Morgan fingerprint density at radius 3 is 2.44 bits per heavy atom. The second-order valence-electron chi connectivity index (χ2n) is 5.59. The summed E-state index contributed by atoms with van der Waals surface area (Å²) >= 11 is 0. The molecular formula is C16H24. The topological polar surface area (TPSA) is 0 Å². The normalized spacial score (nSPS) is 21.6. The molecular weight excluding hydrogens is 192 g/mol. The van der Waals surface area contributed by atoms with E-state index in [1.807, 2.05) is 0 Å². The van der Waals surface area contributed by atoms with Crippen molar-refractivity contribution in [2.75, 3.05) is 0 Å². The predicted molar refractivity (Wildman–Crippen MR) is 70.9 cm³/mol. The van der Waals surface area contributed by atoms with Crippen LogP contribution in [0.25, 0.3) is 0 Å². The SMILES string of the molecule is CCC(C)C1CCc2cc(C)c(C)cc2C1. The van der Waals surface area contributed by atoms with Gasteiger partial charge in [0, 0.05) is 0 Å². The molecule has 0 radical (unpaired) electrons. The summed E-state index contributed by atoms with van der Waals surface area (Å²) < 4.78 is 0. The Kier molecular flexibility index (Phi) is 3.37. The van der Waals surface area contributed by atoms with Gasteiger partial charge in [0.05, 0.1) is 0 Å². The van der Waals surface area contributed by atoms with Gasteiger partial charge in [-0.2, -0.15) is 0 Å². The van der Waals surface area contributed by atoms with Gasteiger partial charge in [-0.3, -0.25) is 0 Å². The van der Waals surface area contributed by atoms with Crippen molar-refractivity contribution < 1.29 is 0 Å². The van der Waals surface area contributed by atoms with Crippen LogP contribution in [-0.2, 0) is 12.8 Å². The zero-order chi connectivity index (χ0) is 11.7. The first-order chi connectivity index (χ1) is 7.61. The molecule has 0 spiro atoms.